The van der Waals surface area contributed by atoms with Gasteiger partial charge in [-0.2, -0.15) is 0 Å². The van der Waals surface area contributed by atoms with Crippen molar-refractivity contribution < 1.29 is 9.53 Å². The van der Waals surface area contributed by atoms with Crippen molar-refractivity contribution in [3.05, 3.63) is 106 Å². The van der Waals surface area contributed by atoms with Crippen LogP contribution in [0.1, 0.15) is 18.2 Å². The summed E-state index contributed by atoms with van der Waals surface area (Å²) in [5, 5.41) is 4.16. The number of halogens is 1. The summed E-state index contributed by atoms with van der Waals surface area (Å²) in [4.78, 5) is 12.9. The van der Waals surface area contributed by atoms with Crippen molar-refractivity contribution in [1.29, 1.82) is 0 Å². The number of rotatable bonds is 8. The second kappa shape index (κ2) is 10.9. The van der Waals surface area contributed by atoms with Crippen molar-refractivity contribution in [2.24, 2.45) is 0 Å². The monoisotopic (exact) mass is 506 g/mol. The van der Waals surface area contributed by atoms with E-state index in [-0.39, 0.29) is 5.91 Å². The molecule has 3 aromatic rings. The second-order valence-corrected chi connectivity index (χ2v) is 9.85. The van der Waals surface area contributed by atoms with Crippen molar-refractivity contribution in [3.63, 3.8) is 0 Å². The zero-order valence-electron chi connectivity index (χ0n) is 18.6. The van der Waals surface area contributed by atoms with Crippen molar-refractivity contribution >= 4 is 62.8 Å². The second-order valence-electron chi connectivity index (χ2n) is 7.65. The molecule has 1 N–H and O–H groups in total. The molecule has 2 heterocycles. The SMILES string of the molecule is C=C(Cl)/C=C\C(=C/C)Cn1c(/C=C2/SC(=S)NC2=O)cc2cc(OCc3ccccc3)ccc21. The molecule has 7 heteroatoms. The van der Waals surface area contributed by atoms with Gasteiger partial charge < -0.3 is 14.6 Å². The van der Waals surface area contributed by atoms with E-state index in [9.17, 15) is 4.79 Å². The summed E-state index contributed by atoms with van der Waals surface area (Å²) >= 11 is 12.3. The van der Waals surface area contributed by atoms with E-state index >= 15 is 0 Å². The molecule has 0 radical (unpaired) electrons. The lowest BCUT2D eigenvalue weighted by molar-refractivity contribution is -0.115. The highest BCUT2D eigenvalue weighted by Crippen LogP contribution is 2.31. The Morgan fingerprint density at radius 1 is 1.21 bits per heavy atom. The fraction of sp³-hybridized carbons (Fsp3) is 0.111. The Bertz CT molecular complexity index is 1350. The number of aromatic nitrogens is 1. The predicted octanol–water partition coefficient (Wildman–Crippen LogP) is 6.96. The summed E-state index contributed by atoms with van der Waals surface area (Å²) in [7, 11) is 0. The molecule has 0 saturated carbocycles. The van der Waals surface area contributed by atoms with Gasteiger partial charge >= 0.3 is 0 Å². The topological polar surface area (TPSA) is 43.3 Å². The molecule has 1 fully saturated rings. The Labute approximate surface area is 213 Å². The standard InChI is InChI=1S/C27H23ClN2O2S2/c1-3-19(10-9-18(2)28)16-30-22(15-25-26(31)29-27(33)34-25)13-21-14-23(11-12-24(21)30)32-17-20-7-5-4-6-8-20/h3-15H,2,16-17H2,1H3,(H,29,31,33)/b10-9-,19-3+,25-15+. The minimum atomic E-state index is -0.178. The molecule has 0 aliphatic carbocycles. The summed E-state index contributed by atoms with van der Waals surface area (Å²) in [5.41, 5.74) is 4.09. The fourth-order valence-electron chi connectivity index (χ4n) is 3.57. The van der Waals surface area contributed by atoms with Crippen LogP contribution in [-0.4, -0.2) is 14.8 Å². The third-order valence-corrected chi connectivity index (χ3v) is 6.55. The molecule has 4 nitrogen and oxygen atoms in total. The highest BCUT2D eigenvalue weighted by atomic mass is 35.5. The molecule has 1 saturated heterocycles. The summed E-state index contributed by atoms with van der Waals surface area (Å²) < 4.78 is 8.65. The van der Waals surface area contributed by atoms with Crippen LogP contribution in [0.3, 0.4) is 0 Å². The van der Waals surface area contributed by atoms with E-state index < -0.39 is 0 Å². The predicted molar refractivity (Wildman–Crippen MR) is 147 cm³/mol. The van der Waals surface area contributed by atoms with Crippen molar-refractivity contribution in [2.45, 2.75) is 20.1 Å². The van der Waals surface area contributed by atoms with Gasteiger partial charge in [-0.05, 0) is 54.5 Å². The quantitative estimate of drug-likeness (QED) is 0.203. The zero-order chi connectivity index (χ0) is 24.1. The zero-order valence-corrected chi connectivity index (χ0v) is 21.0. The number of carbonyl (C=O) groups is 1. The Morgan fingerprint density at radius 2 is 2.00 bits per heavy atom. The number of fused-ring (bicyclic) bond motifs is 1. The first kappa shape index (κ1) is 24.1. The van der Waals surface area contributed by atoms with Gasteiger partial charge in [-0.1, -0.05) is 84.6 Å². The first-order valence-corrected chi connectivity index (χ1v) is 12.3. The lowest BCUT2D eigenvalue weighted by Crippen LogP contribution is -2.17. The fourth-order valence-corrected chi connectivity index (χ4v) is 4.66. The molecular formula is C27H23ClN2O2S2. The molecule has 1 aromatic heterocycles. The van der Waals surface area contributed by atoms with E-state index in [0.29, 0.717) is 27.4 Å². The smallest absolute Gasteiger partial charge is 0.263 e. The van der Waals surface area contributed by atoms with Gasteiger partial charge in [-0.15, -0.1) is 0 Å². The largest absolute Gasteiger partial charge is 0.489 e. The Kier molecular flexibility index (Phi) is 7.73. The summed E-state index contributed by atoms with van der Waals surface area (Å²) in [6, 6.07) is 18.2. The molecule has 0 bridgehead atoms. The van der Waals surface area contributed by atoms with Gasteiger partial charge in [-0.25, -0.2) is 0 Å². The number of ether oxygens (including phenoxy) is 1. The minimum Gasteiger partial charge on any atom is -0.489 e. The molecule has 34 heavy (non-hydrogen) atoms. The van der Waals surface area contributed by atoms with Crippen LogP contribution < -0.4 is 10.1 Å². The number of hydrogen-bond acceptors (Lipinski definition) is 4. The van der Waals surface area contributed by atoms with Crippen LogP contribution in [0.15, 0.2) is 94.9 Å². The first-order valence-electron chi connectivity index (χ1n) is 10.7. The maximum atomic E-state index is 12.3. The maximum Gasteiger partial charge on any atom is 0.263 e. The molecule has 4 rings (SSSR count). The van der Waals surface area contributed by atoms with E-state index in [2.05, 4.69) is 22.5 Å². The summed E-state index contributed by atoms with van der Waals surface area (Å²) in [6.07, 6.45) is 7.63. The normalized spacial score (nSPS) is 15.5. The van der Waals surface area contributed by atoms with E-state index in [4.69, 9.17) is 28.6 Å². The van der Waals surface area contributed by atoms with Crippen LogP contribution in [0.5, 0.6) is 5.75 Å². The average Bonchev–Trinajstić information content (AvgIpc) is 3.33. The molecule has 1 amide bonds. The maximum absolute atomic E-state index is 12.3. The van der Waals surface area contributed by atoms with Crippen LogP contribution in [0.2, 0.25) is 0 Å². The first-order chi connectivity index (χ1) is 16.4. The number of amides is 1. The van der Waals surface area contributed by atoms with Crippen LogP contribution >= 0.6 is 35.6 Å². The number of hydrogen-bond donors (Lipinski definition) is 1. The van der Waals surface area contributed by atoms with Crippen LogP contribution in [-0.2, 0) is 17.9 Å². The molecule has 2 aromatic carbocycles. The van der Waals surface area contributed by atoms with Gasteiger partial charge in [0, 0.05) is 28.2 Å². The van der Waals surface area contributed by atoms with Crippen molar-refractivity contribution in [2.75, 3.05) is 0 Å². The number of carbonyl (C=O) groups excluding carboxylic acids is 1. The highest BCUT2D eigenvalue weighted by molar-refractivity contribution is 8.26. The number of thioether (sulfide) groups is 1. The number of nitrogens with zero attached hydrogens (tertiary/aromatic N) is 1. The van der Waals surface area contributed by atoms with Crippen LogP contribution in [0.25, 0.3) is 17.0 Å². The molecule has 0 unspecified atom stereocenters. The van der Waals surface area contributed by atoms with Crippen molar-refractivity contribution in [3.8, 4) is 5.75 Å². The lowest BCUT2D eigenvalue weighted by atomic mass is 10.2. The lowest BCUT2D eigenvalue weighted by Gasteiger charge is -2.11. The van der Waals surface area contributed by atoms with Crippen molar-refractivity contribution in [1.82, 2.24) is 9.88 Å². The Morgan fingerprint density at radius 3 is 2.68 bits per heavy atom. The highest BCUT2D eigenvalue weighted by Gasteiger charge is 2.23. The molecule has 1 aliphatic rings. The third-order valence-electron chi connectivity index (χ3n) is 5.26. The number of allylic oxidation sites excluding steroid dienone is 5. The van der Waals surface area contributed by atoms with E-state index in [1.54, 1.807) is 6.08 Å². The Balaban J connectivity index is 1.70. The van der Waals surface area contributed by atoms with E-state index in [1.807, 2.05) is 73.7 Å². The number of benzene rings is 2. The van der Waals surface area contributed by atoms with Gasteiger partial charge in [0.1, 0.15) is 16.7 Å². The van der Waals surface area contributed by atoms with Gasteiger partial charge in [0.05, 0.1) is 4.91 Å². The van der Waals surface area contributed by atoms with Crippen LogP contribution in [0, 0.1) is 0 Å². The average molecular weight is 507 g/mol. The van der Waals surface area contributed by atoms with Crippen LogP contribution in [0.4, 0.5) is 0 Å². The van der Waals surface area contributed by atoms with Gasteiger partial charge in [0.15, 0.2) is 0 Å². The summed E-state index contributed by atoms with van der Waals surface area (Å²) in [6.45, 7) is 6.79. The molecule has 1 aliphatic heterocycles. The third kappa shape index (κ3) is 5.89. The molecule has 0 spiro atoms. The Hall–Kier alpha value is -3.06. The molecule has 0 atom stereocenters. The molecular weight excluding hydrogens is 484 g/mol. The minimum absolute atomic E-state index is 0.178. The number of thiocarbonyl (C=S) groups is 1. The van der Waals surface area contributed by atoms with Gasteiger partial charge in [0.25, 0.3) is 5.91 Å². The van der Waals surface area contributed by atoms with Gasteiger partial charge in [0.2, 0.25) is 0 Å². The number of nitrogens with one attached hydrogen (secondary N) is 1. The van der Waals surface area contributed by atoms with Gasteiger partial charge in [-0.3, -0.25) is 4.79 Å². The molecule has 172 valence electrons. The van der Waals surface area contributed by atoms with E-state index in [0.717, 1.165) is 33.5 Å². The summed E-state index contributed by atoms with van der Waals surface area (Å²) in [5.74, 6) is 0.606. The van der Waals surface area contributed by atoms with E-state index in [1.165, 1.54) is 11.8 Å².